The molecule has 0 aliphatic rings. The van der Waals surface area contributed by atoms with Crippen LogP contribution in [-0.2, 0) is 6.54 Å². The largest absolute Gasteiger partial charge is 0.506 e. The van der Waals surface area contributed by atoms with Crippen molar-refractivity contribution in [2.24, 2.45) is 0 Å². The Kier molecular flexibility index (Phi) is 4.55. The molecule has 0 saturated heterocycles. The third kappa shape index (κ3) is 3.32. The van der Waals surface area contributed by atoms with Crippen molar-refractivity contribution in [1.82, 2.24) is 0 Å². The van der Waals surface area contributed by atoms with Gasteiger partial charge in [-0.3, -0.25) is 0 Å². The summed E-state index contributed by atoms with van der Waals surface area (Å²) in [4.78, 5) is 0. The van der Waals surface area contributed by atoms with Gasteiger partial charge in [0, 0.05) is 17.8 Å². The molecule has 6 heteroatoms. The van der Waals surface area contributed by atoms with E-state index in [4.69, 9.17) is 23.2 Å². The summed E-state index contributed by atoms with van der Waals surface area (Å²) in [5.74, 6) is -0.478. The lowest BCUT2D eigenvalue weighted by molar-refractivity contribution is 0.465. The topological polar surface area (TPSA) is 32.3 Å². The molecule has 0 bridgehead atoms. The maximum absolute atomic E-state index is 13.3. The number of aromatic hydroxyl groups is 1. The number of anilines is 1. The number of hydrogen-bond donors (Lipinski definition) is 2. The van der Waals surface area contributed by atoms with Crippen molar-refractivity contribution in [3.8, 4) is 5.75 Å². The molecule has 0 spiro atoms. The van der Waals surface area contributed by atoms with E-state index in [1.54, 1.807) is 12.1 Å². The predicted molar refractivity (Wildman–Crippen MR) is 79.6 cm³/mol. The minimum atomic E-state index is -0.640. The standard InChI is InChI=1S/C13H9BrCl2FNO/c14-9-3-1-2-7(13(9)19)6-18-8-4-10(15)12(17)11(16)5-8/h1-5,18-19H,6H2. The number of halogens is 4. The highest BCUT2D eigenvalue weighted by molar-refractivity contribution is 9.10. The Morgan fingerprint density at radius 1 is 1.21 bits per heavy atom. The SMILES string of the molecule is Oc1c(Br)cccc1CNc1cc(Cl)c(F)c(Cl)c1. The first-order valence-electron chi connectivity index (χ1n) is 5.34. The molecule has 0 radical (unpaired) electrons. The molecular formula is C13H9BrCl2FNO. The first-order chi connectivity index (χ1) is 8.99. The zero-order chi connectivity index (χ0) is 14.0. The number of phenols is 1. The molecule has 2 N–H and O–H groups in total. The van der Waals surface area contributed by atoms with E-state index in [2.05, 4.69) is 21.2 Å². The van der Waals surface area contributed by atoms with E-state index in [1.165, 1.54) is 12.1 Å². The highest BCUT2D eigenvalue weighted by Crippen LogP contribution is 2.30. The minimum absolute atomic E-state index is 0.0477. The lowest BCUT2D eigenvalue weighted by Gasteiger charge is -2.10. The van der Waals surface area contributed by atoms with Crippen LogP contribution in [0.1, 0.15) is 5.56 Å². The second kappa shape index (κ2) is 5.99. The van der Waals surface area contributed by atoms with E-state index >= 15 is 0 Å². The van der Waals surface area contributed by atoms with Gasteiger partial charge in [0.2, 0.25) is 0 Å². The van der Waals surface area contributed by atoms with Crippen LogP contribution in [0.25, 0.3) is 0 Å². The molecule has 0 heterocycles. The molecule has 2 rings (SSSR count). The second-order valence-corrected chi connectivity index (χ2v) is 5.52. The van der Waals surface area contributed by atoms with Gasteiger partial charge in [-0.2, -0.15) is 0 Å². The molecule has 2 aromatic carbocycles. The van der Waals surface area contributed by atoms with Crippen LogP contribution in [0.15, 0.2) is 34.8 Å². The van der Waals surface area contributed by atoms with Gasteiger partial charge in [-0.05, 0) is 34.1 Å². The van der Waals surface area contributed by atoms with Crippen molar-refractivity contribution in [1.29, 1.82) is 0 Å². The lowest BCUT2D eigenvalue weighted by atomic mass is 10.2. The first kappa shape index (κ1) is 14.4. The summed E-state index contributed by atoms with van der Waals surface area (Å²) in [6.45, 7) is 0.365. The molecule has 0 aliphatic heterocycles. The average molecular weight is 365 g/mol. The maximum Gasteiger partial charge on any atom is 0.160 e. The number of hydrogen-bond acceptors (Lipinski definition) is 2. The van der Waals surface area contributed by atoms with Crippen molar-refractivity contribution < 1.29 is 9.50 Å². The normalized spacial score (nSPS) is 10.5. The smallest absolute Gasteiger partial charge is 0.160 e. The molecule has 19 heavy (non-hydrogen) atoms. The van der Waals surface area contributed by atoms with Gasteiger partial charge >= 0.3 is 0 Å². The van der Waals surface area contributed by atoms with Crippen LogP contribution in [-0.4, -0.2) is 5.11 Å². The summed E-state index contributed by atoms with van der Waals surface area (Å²) in [7, 11) is 0. The minimum Gasteiger partial charge on any atom is -0.506 e. The van der Waals surface area contributed by atoms with Crippen LogP contribution in [0.3, 0.4) is 0 Å². The highest BCUT2D eigenvalue weighted by Gasteiger charge is 2.09. The average Bonchev–Trinajstić information content (AvgIpc) is 2.37. The van der Waals surface area contributed by atoms with Gasteiger partial charge < -0.3 is 10.4 Å². The monoisotopic (exact) mass is 363 g/mol. The molecule has 0 aromatic heterocycles. The van der Waals surface area contributed by atoms with Crippen molar-refractivity contribution >= 4 is 44.8 Å². The summed E-state index contributed by atoms with van der Waals surface area (Å²) in [6, 6.07) is 8.21. The lowest BCUT2D eigenvalue weighted by Crippen LogP contribution is -2.00. The van der Waals surface area contributed by atoms with Gasteiger partial charge in [0.1, 0.15) is 5.75 Å². The number of phenolic OH excluding ortho intramolecular Hbond substituents is 1. The Balaban J connectivity index is 2.17. The van der Waals surface area contributed by atoms with Crippen molar-refractivity contribution in [2.45, 2.75) is 6.54 Å². The van der Waals surface area contributed by atoms with Crippen molar-refractivity contribution in [2.75, 3.05) is 5.32 Å². The molecule has 0 fully saturated rings. The van der Waals surface area contributed by atoms with Crippen LogP contribution in [0, 0.1) is 5.82 Å². The van der Waals surface area contributed by atoms with Crippen molar-refractivity contribution in [3.63, 3.8) is 0 Å². The fourth-order valence-corrected chi connectivity index (χ4v) is 2.45. The van der Waals surface area contributed by atoms with E-state index in [0.29, 0.717) is 22.3 Å². The van der Waals surface area contributed by atoms with Crippen LogP contribution in [0.5, 0.6) is 5.75 Å². The van der Waals surface area contributed by atoms with E-state index in [1.807, 2.05) is 6.07 Å². The molecule has 0 atom stereocenters. The molecule has 0 aliphatic carbocycles. The zero-order valence-electron chi connectivity index (χ0n) is 9.55. The summed E-state index contributed by atoms with van der Waals surface area (Å²) >= 11 is 14.6. The van der Waals surface area contributed by atoms with Crippen LogP contribution < -0.4 is 5.32 Å². The summed E-state index contributed by atoms with van der Waals surface area (Å²) in [6.07, 6.45) is 0. The summed E-state index contributed by atoms with van der Waals surface area (Å²) in [5, 5.41) is 12.8. The number of rotatable bonds is 3. The van der Waals surface area contributed by atoms with E-state index in [-0.39, 0.29) is 15.8 Å². The van der Waals surface area contributed by atoms with E-state index < -0.39 is 5.82 Å². The van der Waals surface area contributed by atoms with Gasteiger partial charge in [-0.25, -0.2) is 4.39 Å². The Morgan fingerprint density at radius 3 is 2.47 bits per heavy atom. The third-order valence-corrected chi connectivity index (χ3v) is 3.73. The molecule has 100 valence electrons. The molecule has 2 aromatic rings. The number of para-hydroxylation sites is 1. The molecule has 0 amide bonds. The first-order valence-corrected chi connectivity index (χ1v) is 6.88. The van der Waals surface area contributed by atoms with Gasteiger partial charge in [-0.1, -0.05) is 35.3 Å². The van der Waals surface area contributed by atoms with Gasteiger partial charge in [0.05, 0.1) is 14.5 Å². The molecule has 0 saturated carbocycles. The fraction of sp³-hybridized carbons (Fsp3) is 0.0769. The second-order valence-electron chi connectivity index (χ2n) is 3.85. The molecule has 2 nitrogen and oxygen atoms in total. The predicted octanol–water partition coefficient (Wildman–Crippen LogP) is 5.21. The number of nitrogens with one attached hydrogen (secondary N) is 1. The highest BCUT2D eigenvalue weighted by atomic mass is 79.9. The van der Waals surface area contributed by atoms with Gasteiger partial charge in [0.15, 0.2) is 5.82 Å². The van der Waals surface area contributed by atoms with Crippen molar-refractivity contribution in [3.05, 3.63) is 56.2 Å². The van der Waals surface area contributed by atoms with Gasteiger partial charge in [-0.15, -0.1) is 0 Å². The Labute approximate surface area is 128 Å². The fourth-order valence-electron chi connectivity index (χ4n) is 1.56. The van der Waals surface area contributed by atoms with Gasteiger partial charge in [0.25, 0.3) is 0 Å². The maximum atomic E-state index is 13.3. The molecule has 0 unspecified atom stereocenters. The third-order valence-electron chi connectivity index (χ3n) is 2.54. The molecular weight excluding hydrogens is 356 g/mol. The van der Waals surface area contributed by atoms with Crippen LogP contribution >= 0.6 is 39.1 Å². The van der Waals surface area contributed by atoms with E-state index in [0.717, 1.165) is 0 Å². The van der Waals surface area contributed by atoms with Crippen LogP contribution in [0.2, 0.25) is 10.0 Å². The Morgan fingerprint density at radius 2 is 1.84 bits per heavy atom. The summed E-state index contributed by atoms with van der Waals surface area (Å²) < 4.78 is 13.9. The zero-order valence-corrected chi connectivity index (χ0v) is 12.7. The number of benzene rings is 2. The van der Waals surface area contributed by atoms with E-state index in [9.17, 15) is 9.50 Å². The Bertz CT molecular complexity index is 599. The quantitative estimate of drug-likeness (QED) is 0.732. The Hall–Kier alpha value is -0.970. The summed E-state index contributed by atoms with van der Waals surface area (Å²) in [5.41, 5.74) is 1.28. The van der Waals surface area contributed by atoms with Crippen LogP contribution in [0.4, 0.5) is 10.1 Å².